The SMILES string of the molecule is C[C@@H](c1nc2ccccc2c(=O)[nH]1)N1CCC[C@H]1Cn1cncn1. The van der Waals surface area contributed by atoms with Gasteiger partial charge in [0.25, 0.3) is 5.56 Å². The second-order valence-corrected chi connectivity index (χ2v) is 6.30. The van der Waals surface area contributed by atoms with Crippen molar-refractivity contribution in [3.63, 3.8) is 0 Å². The van der Waals surface area contributed by atoms with Crippen LogP contribution in [0.2, 0.25) is 0 Å². The molecule has 1 N–H and O–H groups in total. The van der Waals surface area contributed by atoms with E-state index in [9.17, 15) is 4.79 Å². The quantitative estimate of drug-likeness (QED) is 0.791. The van der Waals surface area contributed by atoms with Gasteiger partial charge in [0.2, 0.25) is 0 Å². The normalized spacial score (nSPS) is 19.8. The summed E-state index contributed by atoms with van der Waals surface area (Å²) in [5.74, 6) is 0.726. The number of aromatic amines is 1. The molecule has 0 radical (unpaired) electrons. The van der Waals surface area contributed by atoms with Gasteiger partial charge in [0, 0.05) is 6.04 Å². The van der Waals surface area contributed by atoms with Crippen molar-refractivity contribution in [2.75, 3.05) is 6.54 Å². The first kappa shape index (κ1) is 15.0. The number of H-pyrrole nitrogens is 1. The Kier molecular flexibility index (Phi) is 3.86. The van der Waals surface area contributed by atoms with Crippen molar-refractivity contribution in [1.29, 1.82) is 0 Å². The molecule has 1 aromatic carbocycles. The molecule has 2 aromatic heterocycles. The average molecular weight is 324 g/mol. The molecule has 1 saturated heterocycles. The standard InChI is InChI=1S/C17H20N6O/c1-12(16-20-15-7-3-2-6-14(15)17(24)21-16)23-8-4-5-13(23)9-22-11-18-10-19-22/h2-3,6-7,10-13H,4-5,8-9H2,1H3,(H,20,21,24)/t12-,13-/m0/s1. The number of fused-ring (bicyclic) bond motifs is 1. The van der Waals surface area contributed by atoms with Gasteiger partial charge in [-0.25, -0.2) is 9.97 Å². The maximum atomic E-state index is 12.3. The van der Waals surface area contributed by atoms with Crippen LogP contribution in [-0.2, 0) is 6.54 Å². The lowest BCUT2D eigenvalue weighted by molar-refractivity contribution is 0.167. The summed E-state index contributed by atoms with van der Waals surface area (Å²) in [5, 5.41) is 4.84. The summed E-state index contributed by atoms with van der Waals surface area (Å²) < 4.78 is 1.87. The zero-order valence-electron chi connectivity index (χ0n) is 13.6. The van der Waals surface area contributed by atoms with Crippen LogP contribution < -0.4 is 5.56 Å². The molecule has 0 bridgehead atoms. The Bertz CT molecular complexity index is 887. The first-order valence-corrected chi connectivity index (χ1v) is 8.29. The van der Waals surface area contributed by atoms with Crippen molar-refractivity contribution >= 4 is 10.9 Å². The Morgan fingerprint density at radius 1 is 1.38 bits per heavy atom. The molecule has 0 saturated carbocycles. The predicted molar refractivity (Wildman–Crippen MR) is 90.5 cm³/mol. The Morgan fingerprint density at radius 2 is 2.25 bits per heavy atom. The first-order valence-electron chi connectivity index (χ1n) is 8.29. The first-order chi connectivity index (χ1) is 11.7. The van der Waals surface area contributed by atoms with Crippen LogP contribution in [0.25, 0.3) is 10.9 Å². The molecule has 1 aliphatic heterocycles. The molecule has 3 aromatic rings. The minimum Gasteiger partial charge on any atom is -0.309 e. The van der Waals surface area contributed by atoms with E-state index in [-0.39, 0.29) is 11.6 Å². The smallest absolute Gasteiger partial charge is 0.258 e. The van der Waals surface area contributed by atoms with Crippen LogP contribution >= 0.6 is 0 Å². The minimum absolute atomic E-state index is 0.0540. The Balaban J connectivity index is 1.62. The lowest BCUT2D eigenvalue weighted by Crippen LogP contribution is -2.36. The third-order valence-corrected chi connectivity index (χ3v) is 4.81. The van der Waals surface area contributed by atoms with E-state index >= 15 is 0 Å². The van der Waals surface area contributed by atoms with Gasteiger partial charge in [-0.15, -0.1) is 0 Å². The van der Waals surface area contributed by atoms with Crippen LogP contribution in [0.15, 0.2) is 41.7 Å². The predicted octanol–water partition coefficient (Wildman–Crippen LogP) is 1.74. The van der Waals surface area contributed by atoms with E-state index in [2.05, 4.69) is 31.9 Å². The molecular weight excluding hydrogens is 304 g/mol. The van der Waals surface area contributed by atoms with Gasteiger partial charge in [-0.1, -0.05) is 12.1 Å². The second kappa shape index (κ2) is 6.16. The topological polar surface area (TPSA) is 79.7 Å². The van der Waals surface area contributed by atoms with Crippen molar-refractivity contribution in [3.05, 3.63) is 53.1 Å². The third-order valence-electron chi connectivity index (χ3n) is 4.81. The maximum Gasteiger partial charge on any atom is 0.258 e. The number of hydrogen-bond donors (Lipinski definition) is 1. The highest BCUT2D eigenvalue weighted by Gasteiger charge is 2.31. The van der Waals surface area contributed by atoms with Gasteiger partial charge in [-0.2, -0.15) is 5.10 Å². The van der Waals surface area contributed by atoms with Crippen molar-refractivity contribution in [3.8, 4) is 0 Å². The number of likely N-dealkylation sites (tertiary alicyclic amines) is 1. The number of aromatic nitrogens is 5. The molecule has 0 unspecified atom stereocenters. The average Bonchev–Trinajstić information content (AvgIpc) is 3.26. The van der Waals surface area contributed by atoms with E-state index in [0.717, 1.165) is 37.3 Å². The second-order valence-electron chi connectivity index (χ2n) is 6.30. The fraction of sp³-hybridized carbons (Fsp3) is 0.412. The van der Waals surface area contributed by atoms with Gasteiger partial charge >= 0.3 is 0 Å². The van der Waals surface area contributed by atoms with E-state index in [0.29, 0.717) is 11.4 Å². The molecule has 24 heavy (non-hydrogen) atoms. The molecule has 1 fully saturated rings. The minimum atomic E-state index is -0.0746. The fourth-order valence-electron chi connectivity index (χ4n) is 3.57. The van der Waals surface area contributed by atoms with Gasteiger partial charge in [-0.05, 0) is 38.4 Å². The van der Waals surface area contributed by atoms with Gasteiger partial charge in [0.15, 0.2) is 0 Å². The molecular formula is C17H20N6O. The van der Waals surface area contributed by atoms with E-state index in [1.54, 1.807) is 18.7 Å². The highest BCUT2D eigenvalue weighted by molar-refractivity contribution is 5.77. The monoisotopic (exact) mass is 324 g/mol. The highest BCUT2D eigenvalue weighted by Crippen LogP contribution is 2.28. The van der Waals surface area contributed by atoms with Crippen LogP contribution in [0.3, 0.4) is 0 Å². The lowest BCUT2D eigenvalue weighted by atomic mass is 10.1. The Morgan fingerprint density at radius 3 is 3.08 bits per heavy atom. The number of nitrogens with one attached hydrogen (secondary N) is 1. The number of rotatable bonds is 4. The summed E-state index contributed by atoms with van der Waals surface area (Å²) in [6.07, 6.45) is 5.56. The molecule has 124 valence electrons. The summed E-state index contributed by atoms with van der Waals surface area (Å²) in [6.45, 7) is 3.91. The lowest BCUT2D eigenvalue weighted by Gasteiger charge is -2.29. The molecule has 0 amide bonds. The van der Waals surface area contributed by atoms with Gasteiger partial charge in [-0.3, -0.25) is 14.4 Å². The summed E-state index contributed by atoms with van der Waals surface area (Å²) in [7, 11) is 0. The summed E-state index contributed by atoms with van der Waals surface area (Å²) in [4.78, 5) is 26.4. The molecule has 7 heteroatoms. The summed E-state index contributed by atoms with van der Waals surface area (Å²) in [6, 6.07) is 7.89. The van der Waals surface area contributed by atoms with Crippen LogP contribution in [0.1, 0.15) is 31.6 Å². The highest BCUT2D eigenvalue weighted by atomic mass is 16.1. The fourth-order valence-corrected chi connectivity index (χ4v) is 3.57. The number of benzene rings is 1. The molecule has 7 nitrogen and oxygen atoms in total. The zero-order valence-corrected chi connectivity index (χ0v) is 13.6. The molecule has 1 aliphatic rings. The van der Waals surface area contributed by atoms with E-state index in [1.807, 2.05) is 22.9 Å². The maximum absolute atomic E-state index is 12.3. The molecule has 2 atom stereocenters. The third kappa shape index (κ3) is 2.71. The van der Waals surface area contributed by atoms with Crippen molar-refractivity contribution in [1.82, 2.24) is 29.6 Å². The Labute approximate surface area is 139 Å². The van der Waals surface area contributed by atoms with Gasteiger partial charge in [0.05, 0.1) is 23.5 Å². The number of nitrogens with zero attached hydrogens (tertiary/aromatic N) is 5. The van der Waals surface area contributed by atoms with Crippen LogP contribution in [0.4, 0.5) is 0 Å². The molecule has 0 aliphatic carbocycles. The van der Waals surface area contributed by atoms with Crippen molar-refractivity contribution in [2.45, 2.75) is 38.4 Å². The van der Waals surface area contributed by atoms with Gasteiger partial charge in [0.1, 0.15) is 18.5 Å². The summed E-state index contributed by atoms with van der Waals surface area (Å²) in [5.41, 5.74) is 0.671. The van der Waals surface area contributed by atoms with Gasteiger partial charge < -0.3 is 4.98 Å². The van der Waals surface area contributed by atoms with Crippen LogP contribution in [-0.4, -0.2) is 42.2 Å². The Hall–Kier alpha value is -2.54. The van der Waals surface area contributed by atoms with E-state index < -0.39 is 0 Å². The van der Waals surface area contributed by atoms with E-state index in [1.165, 1.54) is 0 Å². The van der Waals surface area contributed by atoms with E-state index in [4.69, 9.17) is 0 Å². The van der Waals surface area contributed by atoms with Crippen molar-refractivity contribution < 1.29 is 0 Å². The molecule has 0 spiro atoms. The zero-order chi connectivity index (χ0) is 16.5. The molecule has 4 rings (SSSR count). The van der Waals surface area contributed by atoms with Crippen LogP contribution in [0, 0.1) is 0 Å². The van der Waals surface area contributed by atoms with Crippen molar-refractivity contribution in [2.24, 2.45) is 0 Å². The summed E-state index contributed by atoms with van der Waals surface area (Å²) >= 11 is 0. The largest absolute Gasteiger partial charge is 0.309 e. The number of para-hydroxylation sites is 1. The number of hydrogen-bond acceptors (Lipinski definition) is 5. The molecule has 3 heterocycles. The van der Waals surface area contributed by atoms with Crippen LogP contribution in [0.5, 0.6) is 0 Å².